The lowest BCUT2D eigenvalue weighted by Gasteiger charge is -2.03. The van der Waals surface area contributed by atoms with E-state index in [2.05, 4.69) is 10.3 Å². The van der Waals surface area contributed by atoms with Gasteiger partial charge >= 0.3 is 11.9 Å². The maximum atomic E-state index is 10.4. The van der Waals surface area contributed by atoms with Gasteiger partial charge in [-0.2, -0.15) is 0 Å². The fraction of sp³-hybridized carbons (Fsp3) is 0.636. The Morgan fingerprint density at radius 2 is 2.00 bits per heavy atom. The summed E-state index contributed by atoms with van der Waals surface area (Å²) in [5.74, 6) is -2.10. The van der Waals surface area contributed by atoms with E-state index in [1.165, 1.54) is 0 Å². The molecule has 2 atom stereocenters. The molecule has 0 bridgehead atoms. The molecule has 1 aliphatic heterocycles. The Hall–Kier alpha value is -2.36. The van der Waals surface area contributed by atoms with Gasteiger partial charge in [0.15, 0.2) is 5.96 Å². The number of carboxylic acid groups (broad SMARTS) is 2. The molecule has 10 nitrogen and oxygen atoms in total. The lowest BCUT2D eigenvalue weighted by Crippen LogP contribution is -2.32. The van der Waals surface area contributed by atoms with E-state index < -0.39 is 24.0 Å². The molecule has 0 radical (unpaired) electrons. The molecule has 0 aliphatic carbocycles. The molecule has 0 saturated carbocycles. The van der Waals surface area contributed by atoms with Crippen LogP contribution in [-0.4, -0.2) is 52.6 Å². The average Bonchev–Trinajstić information content (AvgIpc) is 2.81. The number of carbonyl (C=O) groups excluding carboxylic acids is 1. The standard InChI is InChI=1S/C6H14N4O2.C5H7NO3/c7-4(5(11)12)2-1-3-10-6(8)9;7-4-2-1-3(6-4)5(8)9/h4H,1-3,7H2,(H,11,12)(H4,8,9,10);3H,1-2H2,(H,6,7)(H,8,9)/t4-;3-/m11/s1. The highest BCUT2D eigenvalue weighted by molar-refractivity contribution is 5.87. The van der Waals surface area contributed by atoms with Crippen molar-refractivity contribution in [2.45, 2.75) is 37.8 Å². The highest BCUT2D eigenvalue weighted by atomic mass is 16.4. The third-order valence-electron chi connectivity index (χ3n) is 2.58. The lowest BCUT2D eigenvalue weighted by atomic mass is 10.2. The van der Waals surface area contributed by atoms with Crippen LogP contribution in [-0.2, 0) is 14.4 Å². The summed E-state index contributed by atoms with van der Waals surface area (Å²) in [6, 6.07) is -1.46. The van der Waals surface area contributed by atoms with Gasteiger partial charge in [-0.3, -0.25) is 14.6 Å². The van der Waals surface area contributed by atoms with Crippen LogP contribution in [0, 0.1) is 0 Å². The highest BCUT2D eigenvalue weighted by Gasteiger charge is 2.26. The number of nitrogens with two attached hydrogens (primary N) is 3. The van der Waals surface area contributed by atoms with Crippen LogP contribution in [0.15, 0.2) is 4.99 Å². The molecule has 0 aromatic heterocycles. The average molecular weight is 303 g/mol. The number of aliphatic carboxylic acids is 2. The van der Waals surface area contributed by atoms with E-state index >= 15 is 0 Å². The molecule has 1 amide bonds. The molecule has 120 valence electrons. The van der Waals surface area contributed by atoms with Gasteiger partial charge in [0.25, 0.3) is 0 Å². The quantitative estimate of drug-likeness (QED) is 0.180. The number of guanidine groups is 1. The van der Waals surface area contributed by atoms with Crippen molar-refractivity contribution < 1.29 is 24.6 Å². The smallest absolute Gasteiger partial charge is 0.326 e. The van der Waals surface area contributed by atoms with Gasteiger partial charge in [0, 0.05) is 13.0 Å². The fourth-order valence-electron chi connectivity index (χ4n) is 1.44. The SMILES string of the molecule is NC(N)=NCCC[C@@H](N)C(=O)O.O=C1CC[C@H](C(=O)O)N1. The van der Waals surface area contributed by atoms with Gasteiger partial charge in [-0.05, 0) is 19.3 Å². The summed E-state index contributed by atoms with van der Waals surface area (Å²) in [4.78, 5) is 34.4. The monoisotopic (exact) mass is 303 g/mol. The van der Waals surface area contributed by atoms with E-state index in [-0.39, 0.29) is 11.9 Å². The third-order valence-corrected chi connectivity index (χ3v) is 2.58. The number of amides is 1. The van der Waals surface area contributed by atoms with Crippen LogP contribution in [0.1, 0.15) is 25.7 Å². The largest absolute Gasteiger partial charge is 0.480 e. The van der Waals surface area contributed by atoms with Crippen LogP contribution in [0.5, 0.6) is 0 Å². The van der Waals surface area contributed by atoms with Gasteiger partial charge < -0.3 is 32.7 Å². The van der Waals surface area contributed by atoms with Gasteiger partial charge in [0.05, 0.1) is 0 Å². The van der Waals surface area contributed by atoms with E-state index in [0.29, 0.717) is 32.2 Å². The minimum Gasteiger partial charge on any atom is -0.480 e. The van der Waals surface area contributed by atoms with Crippen molar-refractivity contribution in [3.05, 3.63) is 0 Å². The summed E-state index contributed by atoms with van der Waals surface area (Å²) >= 11 is 0. The van der Waals surface area contributed by atoms with Crippen molar-refractivity contribution in [3.63, 3.8) is 0 Å². The predicted octanol–water partition coefficient (Wildman–Crippen LogP) is -2.20. The number of rotatable bonds is 6. The lowest BCUT2D eigenvalue weighted by molar-refractivity contribution is -0.140. The van der Waals surface area contributed by atoms with Gasteiger partial charge in [-0.25, -0.2) is 4.79 Å². The molecular weight excluding hydrogens is 282 g/mol. The number of aliphatic imine (C=N–C) groups is 1. The second-order valence-electron chi connectivity index (χ2n) is 4.39. The van der Waals surface area contributed by atoms with Gasteiger partial charge in [0.2, 0.25) is 5.91 Å². The van der Waals surface area contributed by atoms with Crippen LogP contribution < -0.4 is 22.5 Å². The zero-order valence-electron chi connectivity index (χ0n) is 11.5. The molecule has 1 fully saturated rings. The van der Waals surface area contributed by atoms with Crippen LogP contribution in [0.4, 0.5) is 0 Å². The normalized spacial score (nSPS) is 18.0. The summed E-state index contributed by atoms with van der Waals surface area (Å²) in [7, 11) is 0. The second-order valence-corrected chi connectivity index (χ2v) is 4.39. The predicted molar refractivity (Wildman–Crippen MR) is 74.3 cm³/mol. The minimum atomic E-state index is -1.00. The molecule has 1 aliphatic rings. The molecule has 0 unspecified atom stereocenters. The van der Waals surface area contributed by atoms with Crippen molar-refractivity contribution in [2.24, 2.45) is 22.2 Å². The maximum absolute atomic E-state index is 10.4. The van der Waals surface area contributed by atoms with Gasteiger partial charge in [0.1, 0.15) is 12.1 Å². The molecule has 0 aromatic rings. The Morgan fingerprint density at radius 3 is 2.33 bits per heavy atom. The van der Waals surface area contributed by atoms with Crippen LogP contribution in [0.3, 0.4) is 0 Å². The first-order valence-electron chi connectivity index (χ1n) is 6.30. The van der Waals surface area contributed by atoms with Crippen molar-refractivity contribution in [1.82, 2.24) is 5.32 Å². The number of nitrogens with one attached hydrogen (secondary N) is 1. The van der Waals surface area contributed by atoms with Crippen LogP contribution in [0.2, 0.25) is 0 Å². The van der Waals surface area contributed by atoms with Crippen molar-refractivity contribution >= 4 is 23.8 Å². The first kappa shape index (κ1) is 18.6. The number of nitrogens with zero attached hydrogens (tertiary/aromatic N) is 1. The number of carboxylic acids is 2. The molecule has 21 heavy (non-hydrogen) atoms. The topological polar surface area (TPSA) is 194 Å². The molecule has 1 rings (SSSR count). The molecule has 10 heteroatoms. The molecule has 0 aromatic carbocycles. The van der Waals surface area contributed by atoms with E-state index in [1.807, 2.05) is 0 Å². The molecule has 9 N–H and O–H groups in total. The summed E-state index contributed by atoms with van der Waals surface area (Å²) in [6.45, 7) is 0.420. The highest BCUT2D eigenvalue weighted by Crippen LogP contribution is 2.05. The first-order chi connectivity index (χ1) is 9.73. The first-order valence-corrected chi connectivity index (χ1v) is 6.30. The van der Waals surface area contributed by atoms with Crippen molar-refractivity contribution in [1.29, 1.82) is 0 Å². The zero-order chi connectivity index (χ0) is 16.4. The Labute approximate surface area is 121 Å². The molecule has 1 saturated heterocycles. The van der Waals surface area contributed by atoms with E-state index in [0.717, 1.165) is 0 Å². The maximum Gasteiger partial charge on any atom is 0.326 e. The Bertz CT molecular complexity index is 408. The number of carbonyl (C=O) groups is 3. The Balaban J connectivity index is 0.000000394. The number of hydrogen-bond donors (Lipinski definition) is 6. The molecule has 1 heterocycles. The fourth-order valence-corrected chi connectivity index (χ4v) is 1.44. The molecular formula is C11H21N5O5. The zero-order valence-corrected chi connectivity index (χ0v) is 11.5. The Kier molecular flexibility index (Phi) is 8.46. The summed E-state index contributed by atoms with van der Waals surface area (Å²) < 4.78 is 0. The van der Waals surface area contributed by atoms with Gasteiger partial charge in [-0.1, -0.05) is 0 Å². The van der Waals surface area contributed by atoms with Crippen molar-refractivity contribution in [2.75, 3.05) is 6.54 Å². The summed E-state index contributed by atoms with van der Waals surface area (Å²) in [5.41, 5.74) is 15.3. The Morgan fingerprint density at radius 1 is 1.38 bits per heavy atom. The second kappa shape index (κ2) is 9.53. The van der Waals surface area contributed by atoms with Crippen molar-refractivity contribution in [3.8, 4) is 0 Å². The van der Waals surface area contributed by atoms with E-state index in [9.17, 15) is 14.4 Å². The van der Waals surface area contributed by atoms with E-state index in [1.54, 1.807) is 0 Å². The van der Waals surface area contributed by atoms with E-state index in [4.69, 9.17) is 27.4 Å². The summed E-state index contributed by atoms with van der Waals surface area (Å²) in [5, 5.41) is 19.0. The molecule has 0 spiro atoms. The van der Waals surface area contributed by atoms with Gasteiger partial charge in [-0.15, -0.1) is 0 Å². The minimum absolute atomic E-state index is 0.0129. The third kappa shape index (κ3) is 9.21. The number of hydrogen-bond acceptors (Lipinski definition) is 5. The summed E-state index contributed by atoms with van der Waals surface area (Å²) in [6.07, 6.45) is 1.72. The van der Waals surface area contributed by atoms with Crippen LogP contribution >= 0.6 is 0 Å². The van der Waals surface area contributed by atoms with Crippen LogP contribution in [0.25, 0.3) is 0 Å².